The monoisotopic (exact) mass is 412 g/mol. The normalized spacial score (nSPS) is 11.3. The van der Waals surface area contributed by atoms with E-state index in [0.29, 0.717) is 17.6 Å². The average Bonchev–Trinajstić information content (AvgIpc) is 3.04. The standard InChI is InChI=1S/C18H9F5N2O2S/c19-11-5-2-6-12(20)14(11)16(27)25-17-24-13(8-26)15(28-17)9-3-1-4-10(7-9)18(21,22)23/h1-8H,(H,24,25,27). The van der Waals surface area contributed by atoms with E-state index in [-0.39, 0.29) is 21.3 Å². The topological polar surface area (TPSA) is 59.1 Å². The number of rotatable bonds is 4. The van der Waals surface area contributed by atoms with E-state index in [1.807, 2.05) is 0 Å². The Morgan fingerprint density at radius 2 is 1.71 bits per heavy atom. The van der Waals surface area contributed by atoms with Gasteiger partial charge in [-0.3, -0.25) is 14.9 Å². The van der Waals surface area contributed by atoms with Crippen LogP contribution in [0.15, 0.2) is 42.5 Å². The molecule has 1 N–H and O–H groups in total. The molecule has 10 heteroatoms. The molecule has 0 fully saturated rings. The highest BCUT2D eigenvalue weighted by Gasteiger charge is 2.31. The van der Waals surface area contributed by atoms with Crippen LogP contribution in [0.3, 0.4) is 0 Å². The number of carbonyl (C=O) groups excluding carboxylic acids is 2. The second-order valence-corrected chi connectivity index (χ2v) is 6.48. The molecule has 144 valence electrons. The molecule has 0 radical (unpaired) electrons. The number of benzene rings is 2. The fourth-order valence-electron chi connectivity index (χ4n) is 2.38. The molecule has 28 heavy (non-hydrogen) atoms. The summed E-state index contributed by atoms with van der Waals surface area (Å²) in [4.78, 5) is 27.3. The van der Waals surface area contributed by atoms with Crippen LogP contribution in [0, 0.1) is 11.6 Å². The van der Waals surface area contributed by atoms with Gasteiger partial charge in [-0.15, -0.1) is 0 Å². The number of nitrogens with zero attached hydrogens (tertiary/aromatic N) is 1. The van der Waals surface area contributed by atoms with Gasteiger partial charge in [0.2, 0.25) is 0 Å². The van der Waals surface area contributed by atoms with Crippen LogP contribution in [0.25, 0.3) is 10.4 Å². The number of hydrogen-bond donors (Lipinski definition) is 1. The molecule has 0 aliphatic heterocycles. The van der Waals surface area contributed by atoms with Crippen molar-refractivity contribution in [2.24, 2.45) is 0 Å². The van der Waals surface area contributed by atoms with Crippen molar-refractivity contribution in [3.63, 3.8) is 0 Å². The Hall–Kier alpha value is -3.14. The van der Waals surface area contributed by atoms with Crippen LogP contribution in [-0.4, -0.2) is 17.2 Å². The summed E-state index contributed by atoms with van der Waals surface area (Å²) in [6.45, 7) is 0. The van der Waals surface area contributed by atoms with Gasteiger partial charge in [0, 0.05) is 0 Å². The molecule has 3 aromatic rings. The summed E-state index contributed by atoms with van der Waals surface area (Å²) in [5, 5.41) is 1.96. The summed E-state index contributed by atoms with van der Waals surface area (Å²) < 4.78 is 66.1. The minimum absolute atomic E-state index is 0.0620. The zero-order valence-electron chi connectivity index (χ0n) is 13.7. The minimum Gasteiger partial charge on any atom is -0.298 e. The summed E-state index contributed by atoms with van der Waals surface area (Å²) in [5.41, 5.74) is -1.92. The number of halogens is 5. The number of aldehydes is 1. The Bertz CT molecular complexity index is 1040. The Kier molecular flexibility index (Phi) is 5.23. The summed E-state index contributed by atoms with van der Waals surface area (Å²) in [7, 11) is 0. The number of nitrogens with one attached hydrogen (secondary N) is 1. The first-order valence-electron chi connectivity index (χ1n) is 7.59. The first-order chi connectivity index (χ1) is 13.2. The van der Waals surface area contributed by atoms with E-state index in [9.17, 15) is 31.5 Å². The van der Waals surface area contributed by atoms with E-state index in [2.05, 4.69) is 10.3 Å². The van der Waals surface area contributed by atoms with Gasteiger partial charge in [0.25, 0.3) is 5.91 Å². The second kappa shape index (κ2) is 7.47. The fraction of sp³-hybridized carbons (Fsp3) is 0.0556. The van der Waals surface area contributed by atoms with Crippen LogP contribution in [0.2, 0.25) is 0 Å². The van der Waals surface area contributed by atoms with Gasteiger partial charge in [0.15, 0.2) is 11.4 Å². The molecule has 1 heterocycles. The van der Waals surface area contributed by atoms with E-state index in [4.69, 9.17) is 0 Å². The SMILES string of the molecule is O=Cc1nc(NC(=O)c2c(F)cccc2F)sc1-c1cccc(C(F)(F)F)c1. The van der Waals surface area contributed by atoms with Crippen molar-refractivity contribution >= 4 is 28.7 Å². The van der Waals surface area contributed by atoms with E-state index in [1.165, 1.54) is 12.1 Å². The molecule has 1 aromatic heterocycles. The van der Waals surface area contributed by atoms with Gasteiger partial charge in [-0.25, -0.2) is 13.8 Å². The van der Waals surface area contributed by atoms with Crippen LogP contribution in [0.4, 0.5) is 27.1 Å². The molecule has 4 nitrogen and oxygen atoms in total. The molecule has 0 aliphatic rings. The number of hydrogen-bond acceptors (Lipinski definition) is 4. The Morgan fingerprint density at radius 3 is 2.32 bits per heavy atom. The Balaban J connectivity index is 1.96. The van der Waals surface area contributed by atoms with Crippen LogP contribution < -0.4 is 5.32 Å². The van der Waals surface area contributed by atoms with Gasteiger partial charge in [-0.1, -0.05) is 29.5 Å². The van der Waals surface area contributed by atoms with Crippen LogP contribution >= 0.6 is 11.3 Å². The van der Waals surface area contributed by atoms with Gasteiger partial charge in [-0.2, -0.15) is 13.2 Å². The van der Waals surface area contributed by atoms with E-state index >= 15 is 0 Å². The van der Waals surface area contributed by atoms with E-state index in [1.54, 1.807) is 0 Å². The highest BCUT2D eigenvalue weighted by atomic mass is 32.1. The van der Waals surface area contributed by atoms with Crippen molar-refractivity contribution in [3.8, 4) is 10.4 Å². The van der Waals surface area contributed by atoms with Crippen molar-refractivity contribution in [2.45, 2.75) is 6.18 Å². The molecule has 0 saturated carbocycles. The van der Waals surface area contributed by atoms with Crippen molar-refractivity contribution in [1.29, 1.82) is 0 Å². The van der Waals surface area contributed by atoms with Gasteiger partial charge in [-0.05, 0) is 29.8 Å². The second-order valence-electron chi connectivity index (χ2n) is 5.48. The number of thiazole rings is 1. The predicted octanol–water partition coefficient (Wildman–Crippen LogP) is 5.17. The number of alkyl halides is 3. The first kappa shape index (κ1) is 19.6. The van der Waals surface area contributed by atoms with Gasteiger partial charge < -0.3 is 0 Å². The van der Waals surface area contributed by atoms with Crippen molar-refractivity contribution < 1.29 is 31.5 Å². The number of carbonyl (C=O) groups is 2. The third-order valence-corrected chi connectivity index (χ3v) is 4.66. The maximum absolute atomic E-state index is 13.7. The summed E-state index contributed by atoms with van der Waals surface area (Å²) >= 11 is 0.705. The third kappa shape index (κ3) is 3.91. The predicted molar refractivity (Wildman–Crippen MR) is 92.3 cm³/mol. The van der Waals surface area contributed by atoms with Crippen molar-refractivity contribution in [2.75, 3.05) is 5.32 Å². The molecule has 0 unspecified atom stereocenters. The number of amides is 1. The zero-order valence-corrected chi connectivity index (χ0v) is 14.5. The molecule has 0 bridgehead atoms. The van der Waals surface area contributed by atoms with Gasteiger partial charge in [0.1, 0.15) is 22.9 Å². The van der Waals surface area contributed by atoms with Gasteiger partial charge in [0.05, 0.1) is 10.4 Å². The lowest BCUT2D eigenvalue weighted by molar-refractivity contribution is -0.137. The molecule has 0 spiro atoms. The number of aromatic nitrogens is 1. The lowest BCUT2D eigenvalue weighted by Gasteiger charge is -2.07. The molecule has 0 atom stereocenters. The molecular formula is C18H9F5N2O2S. The molecule has 0 saturated heterocycles. The molecule has 0 aliphatic carbocycles. The van der Waals surface area contributed by atoms with Crippen molar-refractivity contribution in [1.82, 2.24) is 4.98 Å². The lowest BCUT2D eigenvalue weighted by atomic mass is 10.1. The Morgan fingerprint density at radius 1 is 1.07 bits per heavy atom. The highest BCUT2D eigenvalue weighted by molar-refractivity contribution is 7.19. The quantitative estimate of drug-likeness (QED) is 0.475. The van der Waals surface area contributed by atoms with Gasteiger partial charge >= 0.3 is 6.18 Å². The lowest BCUT2D eigenvalue weighted by Crippen LogP contribution is -2.15. The minimum atomic E-state index is -4.58. The largest absolute Gasteiger partial charge is 0.416 e. The molecule has 1 amide bonds. The van der Waals surface area contributed by atoms with E-state index in [0.717, 1.165) is 30.3 Å². The van der Waals surface area contributed by atoms with Crippen molar-refractivity contribution in [3.05, 3.63) is 70.9 Å². The summed E-state index contributed by atoms with van der Waals surface area (Å²) in [6.07, 6.45) is -4.27. The number of anilines is 1. The zero-order chi connectivity index (χ0) is 20.5. The summed E-state index contributed by atoms with van der Waals surface area (Å²) in [5.74, 6) is -3.33. The van der Waals surface area contributed by atoms with Crippen LogP contribution in [-0.2, 0) is 6.18 Å². The average molecular weight is 412 g/mol. The highest BCUT2D eigenvalue weighted by Crippen LogP contribution is 2.36. The maximum atomic E-state index is 13.7. The fourth-order valence-corrected chi connectivity index (χ4v) is 3.31. The molecule has 2 aromatic carbocycles. The first-order valence-corrected chi connectivity index (χ1v) is 8.41. The molecular weight excluding hydrogens is 403 g/mol. The summed E-state index contributed by atoms with van der Waals surface area (Å²) in [6, 6.07) is 7.09. The smallest absolute Gasteiger partial charge is 0.298 e. The van der Waals surface area contributed by atoms with E-state index < -0.39 is 34.8 Å². The van der Waals surface area contributed by atoms with Crippen LogP contribution in [0.5, 0.6) is 0 Å². The Labute approximate surface area is 158 Å². The maximum Gasteiger partial charge on any atom is 0.416 e. The van der Waals surface area contributed by atoms with Crippen LogP contribution in [0.1, 0.15) is 26.4 Å². The molecule has 3 rings (SSSR count). The third-order valence-electron chi connectivity index (χ3n) is 3.63.